The largest absolute Gasteiger partial charge is 0.481 e. The first-order valence-corrected chi connectivity index (χ1v) is 10.1. The van der Waals surface area contributed by atoms with Gasteiger partial charge in [0.05, 0.1) is 12.2 Å². The van der Waals surface area contributed by atoms with E-state index in [4.69, 9.17) is 9.84 Å². The highest BCUT2D eigenvalue weighted by molar-refractivity contribution is 5.89. The third-order valence-corrected chi connectivity index (χ3v) is 4.72. The maximum Gasteiger partial charge on any atom is 0.331 e. The van der Waals surface area contributed by atoms with E-state index in [1.807, 2.05) is 12.1 Å². The fraction of sp³-hybridized carbons (Fsp3) is 0.571. The summed E-state index contributed by atoms with van der Waals surface area (Å²) in [6.07, 6.45) is 8.51. The van der Waals surface area contributed by atoms with E-state index in [2.05, 4.69) is 5.32 Å². The number of esters is 1. The van der Waals surface area contributed by atoms with Gasteiger partial charge in [0, 0.05) is 13.0 Å². The molecule has 0 radical (unpaired) electrons. The fourth-order valence-corrected chi connectivity index (χ4v) is 3.26. The van der Waals surface area contributed by atoms with Gasteiger partial charge in [-0.05, 0) is 25.0 Å². The molecular weight excluding hydrogens is 360 g/mol. The molecule has 1 aliphatic heterocycles. The average molecular weight is 390 g/mol. The van der Waals surface area contributed by atoms with Crippen LogP contribution >= 0.6 is 0 Å². The number of benzene rings is 1. The van der Waals surface area contributed by atoms with Crippen molar-refractivity contribution in [1.29, 1.82) is 0 Å². The van der Waals surface area contributed by atoms with Gasteiger partial charge in [0.1, 0.15) is 6.54 Å². The van der Waals surface area contributed by atoms with Gasteiger partial charge in [-0.2, -0.15) is 0 Å². The number of ether oxygens (including phenoxy) is 1. The van der Waals surface area contributed by atoms with Crippen LogP contribution in [0.15, 0.2) is 24.3 Å². The quantitative estimate of drug-likeness (QED) is 0.305. The number of para-hydroxylation sites is 2. The molecule has 7 heteroatoms. The van der Waals surface area contributed by atoms with Crippen LogP contribution in [-0.4, -0.2) is 42.6 Å². The number of carbonyl (C=O) groups is 3. The molecule has 1 heterocycles. The van der Waals surface area contributed by atoms with Crippen molar-refractivity contribution in [3.8, 4) is 5.75 Å². The summed E-state index contributed by atoms with van der Waals surface area (Å²) in [6, 6.07) is 7.22. The van der Waals surface area contributed by atoms with Crippen molar-refractivity contribution in [2.24, 2.45) is 0 Å². The minimum absolute atomic E-state index is 0.0803. The summed E-state index contributed by atoms with van der Waals surface area (Å²) in [5.74, 6) is -0.668. The zero-order chi connectivity index (χ0) is 20.2. The first-order chi connectivity index (χ1) is 13.6. The molecule has 0 fully saturated rings. The lowest BCUT2D eigenvalue weighted by Gasteiger charge is -2.29. The summed E-state index contributed by atoms with van der Waals surface area (Å²) in [5.41, 5.74) is 0.764. The van der Waals surface area contributed by atoms with Crippen LogP contribution in [0.3, 0.4) is 0 Å². The summed E-state index contributed by atoms with van der Waals surface area (Å²) in [6.45, 7) is 0.858. The van der Waals surface area contributed by atoms with Crippen LogP contribution in [0.2, 0.25) is 0 Å². The molecule has 1 aromatic rings. The molecule has 0 atom stereocenters. The second-order valence-corrected chi connectivity index (χ2v) is 7.12. The van der Waals surface area contributed by atoms with Crippen LogP contribution in [0.5, 0.6) is 5.75 Å². The molecule has 0 aromatic heterocycles. The van der Waals surface area contributed by atoms with Crippen molar-refractivity contribution < 1.29 is 24.2 Å². The fourth-order valence-electron chi connectivity index (χ4n) is 3.26. The number of hydrogen-bond donors (Lipinski definition) is 2. The predicted octanol–water partition coefficient (Wildman–Crippen LogP) is 3.12. The van der Waals surface area contributed by atoms with Gasteiger partial charge in [0.2, 0.25) is 5.91 Å². The molecule has 0 unspecified atom stereocenters. The highest BCUT2D eigenvalue weighted by Gasteiger charge is 2.24. The zero-order valence-corrected chi connectivity index (χ0v) is 16.3. The summed E-state index contributed by atoms with van der Waals surface area (Å²) < 4.78 is 5.18. The average Bonchev–Trinajstić information content (AvgIpc) is 2.65. The van der Waals surface area contributed by atoms with Gasteiger partial charge >= 0.3 is 11.9 Å². The Hall–Kier alpha value is -2.57. The number of unbranched alkanes of at least 4 members (excludes halogenated alkanes) is 7. The molecule has 2 rings (SSSR count). The number of nitrogens with one attached hydrogen (secondary N) is 1. The highest BCUT2D eigenvalue weighted by Crippen LogP contribution is 2.30. The lowest BCUT2D eigenvalue weighted by molar-refractivity contribution is -0.137. The number of carboxylic acid groups (broad SMARTS) is 1. The summed E-state index contributed by atoms with van der Waals surface area (Å²) in [7, 11) is 0. The SMILES string of the molecule is O=C(O)CCCCCCCCCCNC(=O)CN1CC(=O)Oc2ccccc21. The Bertz CT molecular complexity index is 662. The maximum absolute atomic E-state index is 12.2. The first-order valence-electron chi connectivity index (χ1n) is 10.1. The summed E-state index contributed by atoms with van der Waals surface area (Å²) >= 11 is 0. The maximum atomic E-state index is 12.2. The van der Waals surface area contributed by atoms with Crippen LogP contribution in [0.4, 0.5) is 5.69 Å². The van der Waals surface area contributed by atoms with Gasteiger partial charge in [-0.3, -0.25) is 9.59 Å². The molecule has 1 amide bonds. The third kappa shape index (κ3) is 7.98. The minimum atomic E-state index is -0.716. The molecule has 2 N–H and O–H groups in total. The van der Waals surface area contributed by atoms with E-state index >= 15 is 0 Å². The lowest BCUT2D eigenvalue weighted by atomic mass is 10.1. The van der Waals surface area contributed by atoms with Crippen molar-refractivity contribution in [2.75, 3.05) is 24.5 Å². The van der Waals surface area contributed by atoms with E-state index in [1.54, 1.807) is 17.0 Å². The molecule has 0 saturated carbocycles. The normalized spacial score (nSPS) is 13.0. The van der Waals surface area contributed by atoms with Crippen molar-refractivity contribution in [3.63, 3.8) is 0 Å². The number of anilines is 1. The van der Waals surface area contributed by atoms with E-state index in [9.17, 15) is 14.4 Å². The van der Waals surface area contributed by atoms with Gasteiger partial charge in [0.25, 0.3) is 0 Å². The van der Waals surface area contributed by atoms with Gasteiger partial charge in [-0.1, -0.05) is 50.7 Å². The molecule has 28 heavy (non-hydrogen) atoms. The zero-order valence-electron chi connectivity index (χ0n) is 16.3. The third-order valence-electron chi connectivity index (χ3n) is 4.72. The Morgan fingerprint density at radius 3 is 2.36 bits per heavy atom. The second kappa shape index (κ2) is 12.0. The van der Waals surface area contributed by atoms with Crippen LogP contribution in [-0.2, 0) is 14.4 Å². The van der Waals surface area contributed by atoms with Gasteiger partial charge in [-0.25, -0.2) is 4.79 Å². The number of fused-ring (bicyclic) bond motifs is 1. The van der Waals surface area contributed by atoms with Gasteiger partial charge in [0.15, 0.2) is 5.75 Å². The molecule has 1 aliphatic rings. The highest BCUT2D eigenvalue weighted by atomic mass is 16.5. The molecular formula is C21H30N2O5. The van der Waals surface area contributed by atoms with E-state index < -0.39 is 5.97 Å². The van der Waals surface area contributed by atoms with Crippen LogP contribution in [0.1, 0.15) is 57.8 Å². The van der Waals surface area contributed by atoms with Crippen molar-refractivity contribution in [2.45, 2.75) is 57.8 Å². The molecule has 154 valence electrons. The van der Waals surface area contributed by atoms with Crippen LogP contribution in [0, 0.1) is 0 Å². The van der Waals surface area contributed by atoms with Crippen molar-refractivity contribution >= 4 is 23.5 Å². The number of carbonyl (C=O) groups excluding carboxylic acids is 2. The standard InChI is InChI=1S/C21H30N2O5/c24-19(15-23-16-21(27)28-18-12-9-8-11-17(18)23)22-14-10-6-4-2-1-3-5-7-13-20(25)26/h8-9,11-12H,1-7,10,13-16H2,(H,22,24)(H,25,26). The van der Waals surface area contributed by atoms with Gasteiger partial charge < -0.3 is 20.1 Å². The van der Waals surface area contributed by atoms with E-state index in [0.29, 0.717) is 12.3 Å². The molecule has 0 saturated heterocycles. The number of amides is 1. The number of carboxylic acids is 1. The van der Waals surface area contributed by atoms with Crippen LogP contribution < -0.4 is 15.0 Å². The Morgan fingerprint density at radius 2 is 1.64 bits per heavy atom. The van der Waals surface area contributed by atoms with Crippen molar-refractivity contribution in [3.05, 3.63) is 24.3 Å². The molecule has 1 aromatic carbocycles. The Labute approximate surface area is 166 Å². The predicted molar refractivity (Wildman–Crippen MR) is 106 cm³/mol. The van der Waals surface area contributed by atoms with E-state index in [0.717, 1.165) is 57.1 Å². The summed E-state index contributed by atoms with van der Waals surface area (Å²) in [5, 5.41) is 11.5. The Balaban J connectivity index is 1.52. The number of hydrogen-bond acceptors (Lipinski definition) is 5. The molecule has 0 bridgehead atoms. The lowest BCUT2D eigenvalue weighted by Crippen LogP contribution is -2.43. The molecule has 0 aliphatic carbocycles. The first kappa shape index (κ1) is 21.7. The monoisotopic (exact) mass is 390 g/mol. The number of rotatable bonds is 13. The van der Waals surface area contributed by atoms with E-state index in [1.165, 1.54) is 0 Å². The topological polar surface area (TPSA) is 95.9 Å². The molecule has 7 nitrogen and oxygen atoms in total. The van der Waals surface area contributed by atoms with Crippen molar-refractivity contribution in [1.82, 2.24) is 5.32 Å². The number of nitrogens with zero attached hydrogens (tertiary/aromatic N) is 1. The minimum Gasteiger partial charge on any atom is -0.481 e. The number of aliphatic carboxylic acids is 1. The van der Waals surface area contributed by atoms with Gasteiger partial charge in [-0.15, -0.1) is 0 Å². The second-order valence-electron chi connectivity index (χ2n) is 7.12. The smallest absolute Gasteiger partial charge is 0.331 e. The Kier molecular flexibility index (Phi) is 9.31. The molecule has 0 spiro atoms. The van der Waals surface area contributed by atoms with Crippen LogP contribution in [0.25, 0.3) is 0 Å². The summed E-state index contributed by atoms with van der Waals surface area (Å²) in [4.78, 5) is 36.0. The van der Waals surface area contributed by atoms with E-state index in [-0.39, 0.29) is 31.4 Å². The Morgan fingerprint density at radius 1 is 1.00 bits per heavy atom.